The van der Waals surface area contributed by atoms with Crippen molar-refractivity contribution in [1.29, 1.82) is 0 Å². The maximum Gasteiger partial charge on any atom is 0.192 e. The molecule has 29 heavy (non-hydrogen) atoms. The number of hydrogen-bond donors (Lipinski definition) is 0. The van der Waals surface area contributed by atoms with Crippen LogP contribution in [0.5, 0.6) is 5.75 Å². The van der Waals surface area contributed by atoms with Crippen LogP contribution >= 0.6 is 11.8 Å². The van der Waals surface area contributed by atoms with E-state index in [9.17, 15) is 4.39 Å². The van der Waals surface area contributed by atoms with Gasteiger partial charge in [-0.15, -0.1) is 10.2 Å². The third kappa shape index (κ3) is 4.46. The fourth-order valence-corrected chi connectivity index (χ4v) is 3.85. The largest absolute Gasteiger partial charge is 0.494 e. The SMILES string of the molecule is COc1ccc(CSc2nnc(-c3ccncc3)n2Cc2ccccc2)cc1F. The number of halogens is 1. The number of aromatic nitrogens is 4. The van der Waals surface area contributed by atoms with Gasteiger partial charge in [-0.1, -0.05) is 48.2 Å². The lowest BCUT2D eigenvalue weighted by atomic mass is 10.2. The summed E-state index contributed by atoms with van der Waals surface area (Å²) in [7, 11) is 1.46. The van der Waals surface area contributed by atoms with E-state index in [0.717, 1.165) is 27.7 Å². The van der Waals surface area contributed by atoms with Gasteiger partial charge in [-0.2, -0.15) is 0 Å². The molecule has 0 unspecified atom stereocenters. The number of nitrogens with zero attached hydrogens (tertiary/aromatic N) is 4. The van der Waals surface area contributed by atoms with Crippen molar-refractivity contribution >= 4 is 11.8 Å². The first-order chi connectivity index (χ1) is 14.2. The lowest BCUT2D eigenvalue weighted by Crippen LogP contribution is -2.04. The number of ether oxygens (including phenoxy) is 1. The smallest absolute Gasteiger partial charge is 0.192 e. The first-order valence-corrected chi connectivity index (χ1v) is 10.1. The number of rotatable bonds is 7. The molecule has 2 heterocycles. The van der Waals surface area contributed by atoms with Crippen LogP contribution in [0, 0.1) is 5.82 Å². The lowest BCUT2D eigenvalue weighted by Gasteiger charge is -2.11. The monoisotopic (exact) mass is 406 g/mol. The van der Waals surface area contributed by atoms with Crippen molar-refractivity contribution in [2.45, 2.75) is 17.5 Å². The number of benzene rings is 2. The highest BCUT2D eigenvalue weighted by atomic mass is 32.2. The standard InChI is InChI=1S/C22H19FN4OS/c1-28-20-8-7-17(13-19(20)23)15-29-22-26-25-21(18-9-11-24-12-10-18)27(22)14-16-5-3-2-4-6-16/h2-13H,14-15H2,1H3. The van der Waals surface area contributed by atoms with Gasteiger partial charge in [-0.25, -0.2) is 4.39 Å². The molecule has 4 aromatic rings. The Balaban J connectivity index is 1.62. The van der Waals surface area contributed by atoms with Gasteiger partial charge in [-0.05, 0) is 35.4 Å². The summed E-state index contributed by atoms with van der Waals surface area (Å²) in [5.41, 5.74) is 2.96. The van der Waals surface area contributed by atoms with Gasteiger partial charge >= 0.3 is 0 Å². The van der Waals surface area contributed by atoms with Crippen molar-refractivity contribution in [2.24, 2.45) is 0 Å². The third-order valence-corrected chi connectivity index (χ3v) is 5.46. The third-order valence-electron chi connectivity index (χ3n) is 4.42. The van der Waals surface area contributed by atoms with Crippen molar-refractivity contribution in [3.05, 3.63) is 90.0 Å². The van der Waals surface area contributed by atoms with Crippen LogP contribution in [0.25, 0.3) is 11.4 Å². The summed E-state index contributed by atoms with van der Waals surface area (Å²) in [5, 5.41) is 9.58. The maximum absolute atomic E-state index is 14.0. The van der Waals surface area contributed by atoms with E-state index in [1.165, 1.54) is 24.9 Å². The molecule has 0 fully saturated rings. The minimum absolute atomic E-state index is 0.242. The highest BCUT2D eigenvalue weighted by Crippen LogP contribution is 2.28. The molecule has 0 aliphatic rings. The van der Waals surface area contributed by atoms with Crippen LogP contribution in [0.1, 0.15) is 11.1 Å². The summed E-state index contributed by atoms with van der Waals surface area (Å²) in [4.78, 5) is 4.08. The van der Waals surface area contributed by atoms with Gasteiger partial charge < -0.3 is 4.74 Å². The minimum Gasteiger partial charge on any atom is -0.494 e. The molecule has 4 rings (SSSR count). The molecule has 0 aliphatic carbocycles. The Hall–Kier alpha value is -3.19. The van der Waals surface area contributed by atoms with Gasteiger partial charge in [-0.3, -0.25) is 9.55 Å². The molecular weight excluding hydrogens is 387 g/mol. The Morgan fingerprint density at radius 1 is 0.966 bits per heavy atom. The molecule has 0 radical (unpaired) electrons. The molecule has 0 aliphatic heterocycles. The highest BCUT2D eigenvalue weighted by Gasteiger charge is 2.15. The topological polar surface area (TPSA) is 52.8 Å². The second-order valence-corrected chi connectivity index (χ2v) is 7.31. The molecule has 0 spiro atoms. The molecule has 7 heteroatoms. The fourth-order valence-electron chi connectivity index (χ4n) is 2.97. The Morgan fingerprint density at radius 2 is 1.76 bits per heavy atom. The highest BCUT2D eigenvalue weighted by molar-refractivity contribution is 7.98. The van der Waals surface area contributed by atoms with Crippen molar-refractivity contribution in [1.82, 2.24) is 19.7 Å². The first-order valence-electron chi connectivity index (χ1n) is 9.07. The molecule has 146 valence electrons. The Morgan fingerprint density at radius 3 is 2.48 bits per heavy atom. The summed E-state index contributed by atoms with van der Waals surface area (Å²) < 4.78 is 21.1. The van der Waals surface area contributed by atoms with Crippen LogP contribution in [0.4, 0.5) is 4.39 Å². The normalized spacial score (nSPS) is 10.8. The summed E-state index contributed by atoms with van der Waals surface area (Å²) in [5.74, 6) is 1.23. The molecular formula is C22H19FN4OS. The van der Waals surface area contributed by atoms with Crippen LogP contribution in [0.2, 0.25) is 0 Å². The Bertz CT molecular complexity index is 1090. The zero-order chi connectivity index (χ0) is 20.1. The van der Waals surface area contributed by atoms with Crippen molar-refractivity contribution in [3.8, 4) is 17.1 Å². The predicted molar refractivity (Wildman–Crippen MR) is 111 cm³/mol. The van der Waals surface area contributed by atoms with Crippen molar-refractivity contribution in [3.63, 3.8) is 0 Å². The average Bonchev–Trinajstić information content (AvgIpc) is 3.16. The predicted octanol–water partition coefficient (Wildman–Crippen LogP) is 4.83. The van der Waals surface area contributed by atoms with E-state index >= 15 is 0 Å². The summed E-state index contributed by atoms with van der Waals surface area (Å²) in [6, 6.07) is 19.0. The van der Waals surface area contributed by atoms with E-state index in [4.69, 9.17) is 4.74 Å². The Kier molecular flexibility index (Phi) is 5.86. The quantitative estimate of drug-likeness (QED) is 0.412. The first kappa shape index (κ1) is 19.1. The van der Waals surface area contributed by atoms with Gasteiger partial charge in [0.25, 0.3) is 0 Å². The minimum atomic E-state index is -0.367. The van der Waals surface area contributed by atoms with Crippen LogP contribution in [-0.2, 0) is 12.3 Å². The second kappa shape index (κ2) is 8.87. The van der Waals surface area contributed by atoms with Gasteiger partial charge in [0.15, 0.2) is 22.5 Å². The summed E-state index contributed by atoms with van der Waals surface area (Å²) in [6.45, 7) is 0.644. The average molecular weight is 406 g/mol. The van der Waals surface area contributed by atoms with Crippen LogP contribution in [0.3, 0.4) is 0 Å². The summed E-state index contributed by atoms with van der Waals surface area (Å²) >= 11 is 1.52. The molecule has 2 aromatic carbocycles. The van der Waals surface area contributed by atoms with Crippen LogP contribution < -0.4 is 4.74 Å². The molecule has 0 saturated carbocycles. The van der Waals surface area contributed by atoms with Crippen molar-refractivity contribution in [2.75, 3.05) is 7.11 Å². The number of hydrogen-bond acceptors (Lipinski definition) is 5. The Labute approximate surface area is 172 Å². The van der Waals surface area contributed by atoms with Crippen LogP contribution in [-0.4, -0.2) is 26.9 Å². The van der Waals surface area contributed by atoms with Gasteiger partial charge in [0, 0.05) is 23.7 Å². The molecule has 0 saturated heterocycles. The zero-order valence-electron chi connectivity index (χ0n) is 15.8. The molecule has 2 aromatic heterocycles. The van der Waals surface area contributed by atoms with Crippen molar-refractivity contribution < 1.29 is 9.13 Å². The number of pyridine rings is 1. The van der Waals surface area contributed by atoms with Gasteiger partial charge in [0.05, 0.1) is 13.7 Å². The maximum atomic E-state index is 14.0. The number of methoxy groups -OCH3 is 1. The molecule has 0 bridgehead atoms. The van der Waals surface area contributed by atoms with E-state index in [0.29, 0.717) is 12.3 Å². The van der Waals surface area contributed by atoms with Gasteiger partial charge in [0.2, 0.25) is 0 Å². The zero-order valence-corrected chi connectivity index (χ0v) is 16.6. The van der Waals surface area contributed by atoms with E-state index in [2.05, 4.69) is 31.9 Å². The fraction of sp³-hybridized carbons (Fsp3) is 0.136. The second-order valence-electron chi connectivity index (χ2n) is 6.37. The van der Waals surface area contributed by atoms with E-state index in [1.54, 1.807) is 18.5 Å². The molecule has 0 amide bonds. The molecule has 0 N–H and O–H groups in total. The summed E-state index contributed by atoms with van der Waals surface area (Å²) in [6.07, 6.45) is 3.48. The lowest BCUT2D eigenvalue weighted by molar-refractivity contribution is 0.386. The molecule has 0 atom stereocenters. The van der Waals surface area contributed by atoms with E-state index in [1.807, 2.05) is 36.4 Å². The number of thioether (sulfide) groups is 1. The van der Waals surface area contributed by atoms with E-state index in [-0.39, 0.29) is 11.6 Å². The molecule has 5 nitrogen and oxygen atoms in total. The van der Waals surface area contributed by atoms with Gasteiger partial charge in [0.1, 0.15) is 0 Å². The van der Waals surface area contributed by atoms with E-state index < -0.39 is 0 Å². The van der Waals surface area contributed by atoms with Crippen LogP contribution in [0.15, 0.2) is 78.2 Å².